The highest BCUT2D eigenvalue weighted by atomic mass is 32.2. The van der Waals surface area contributed by atoms with Crippen molar-refractivity contribution in [1.29, 1.82) is 0 Å². The third kappa shape index (κ3) is 7.23. The van der Waals surface area contributed by atoms with Gasteiger partial charge in [-0.3, -0.25) is 0 Å². The van der Waals surface area contributed by atoms with Gasteiger partial charge in [0.2, 0.25) is 0 Å². The van der Waals surface area contributed by atoms with E-state index in [0.717, 1.165) is 11.1 Å². The summed E-state index contributed by atoms with van der Waals surface area (Å²) in [6, 6.07) is 14.8. The minimum absolute atomic E-state index is 0.0737. The Morgan fingerprint density at radius 2 is 1.81 bits per heavy atom. The number of carbonyl (C=O) groups excluding carboxylic acids is 1. The molecule has 2 unspecified atom stereocenters. The molecule has 1 saturated heterocycles. The number of hydrogen-bond donors (Lipinski definition) is 0. The summed E-state index contributed by atoms with van der Waals surface area (Å²) >= 11 is 1.69. The van der Waals surface area contributed by atoms with Gasteiger partial charge in [0.05, 0.1) is 19.3 Å². The van der Waals surface area contributed by atoms with Crippen LogP contribution in [0.15, 0.2) is 53.4 Å². The van der Waals surface area contributed by atoms with Gasteiger partial charge in [0.15, 0.2) is 0 Å². The van der Waals surface area contributed by atoms with E-state index in [1.54, 1.807) is 49.7 Å². The van der Waals surface area contributed by atoms with Crippen molar-refractivity contribution in [3.05, 3.63) is 65.5 Å². The highest BCUT2D eigenvalue weighted by molar-refractivity contribution is 7.98. The first-order valence-electron chi connectivity index (χ1n) is 10.4. The maximum atomic E-state index is 13.4. The summed E-state index contributed by atoms with van der Waals surface area (Å²) < 4.78 is 25.0. The van der Waals surface area contributed by atoms with E-state index >= 15 is 0 Å². The molecular weight excluding hydrogens is 417 g/mol. The lowest BCUT2D eigenvalue weighted by atomic mass is 9.87. The van der Waals surface area contributed by atoms with Crippen LogP contribution in [0.2, 0.25) is 0 Å². The van der Waals surface area contributed by atoms with E-state index in [1.807, 2.05) is 6.26 Å². The van der Waals surface area contributed by atoms with Gasteiger partial charge in [-0.2, -0.15) is 0 Å². The summed E-state index contributed by atoms with van der Waals surface area (Å²) in [5.41, 5.74) is 1.46. The van der Waals surface area contributed by atoms with E-state index in [4.69, 9.17) is 14.3 Å². The molecule has 31 heavy (non-hydrogen) atoms. The second-order valence-corrected chi connectivity index (χ2v) is 9.47. The van der Waals surface area contributed by atoms with Gasteiger partial charge in [0.25, 0.3) is 0 Å². The van der Waals surface area contributed by atoms with Crippen LogP contribution in [0, 0.1) is 5.82 Å². The molecule has 0 spiro atoms. The molecule has 7 heteroatoms. The smallest absolute Gasteiger partial charge is 0.427 e. The highest BCUT2D eigenvalue weighted by Crippen LogP contribution is 2.32. The quantitative estimate of drug-likeness (QED) is 0.413. The van der Waals surface area contributed by atoms with Crippen LogP contribution in [0.25, 0.3) is 0 Å². The van der Waals surface area contributed by atoms with Crippen molar-refractivity contribution >= 4 is 17.9 Å². The number of ether oxygens (including phenoxy) is 2. The van der Waals surface area contributed by atoms with Crippen LogP contribution >= 0.6 is 11.8 Å². The predicted molar refractivity (Wildman–Crippen MR) is 119 cm³/mol. The van der Waals surface area contributed by atoms with Crippen molar-refractivity contribution in [2.75, 3.05) is 19.3 Å². The van der Waals surface area contributed by atoms with Gasteiger partial charge in [-0.15, -0.1) is 16.8 Å². The summed E-state index contributed by atoms with van der Waals surface area (Å²) in [6.07, 6.45) is 1.81. The van der Waals surface area contributed by atoms with E-state index in [2.05, 4.69) is 24.3 Å². The Kier molecular flexibility index (Phi) is 7.97. The molecule has 5 nitrogen and oxygen atoms in total. The van der Waals surface area contributed by atoms with Crippen LogP contribution in [-0.4, -0.2) is 42.3 Å². The second-order valence-electron chi connectivity index (χ2n) is 8.59. The van der Waals surface area contributed by atoms with Crippen molar-refractivity contribution in [3.8, 4) is 0 Å². The molecule has 1 heterocycles. The highest BCUT2D eigenvalue weighted by Gasteiger charge is 2.34. The van der Waals surface area contributed by atoms with Gasteiger partial charge in [0, 0.05) is 17.4 Å². The lowest BCUT2D eigenvalue weighted by Gasteiger charge is -2.37. The molecular formula is C24H30FNO4S. The SMILES string of the molecule is CSc1ccc(COC2CN(OC(=O)OC(C)(C)C)CCC2c2ccc(F)cc2)cc1. The van der Waals surface area contributed by atoms with Gasteiger partial charge in [-0.1, -0.05) is 24.3 Å². The molecule has 0 amide bonds. The van der Waals surface area contributed by atoms with Crippen LogP contribution in [0.5, 0.6) is 0 Å². The van der Waals surface area contributed by atoms with E-state index in [0.29, 0.717) is 26.1 Å². The Balaban J connectivity index is 1.69. The number of nitrogens with zero attached hydrogens (tertiary/aromatic N) is 1. The molecule has 0 aliphatic carbocycles. The zero-order chi connectivity index (χ0) is 22.4. The Morgan fingerprint density at radius 3 is 2.42 bits per heavy atom. The van der Waals surface area contributed by atoms with Crippen molar-refractivity contribution in [2.45, 2.75) is 56.3 Å². The number of thioether (sulfide) groups is 1. The van der Waals surface area contributed by atoms with Gasteiger partial charge >= 0.3 is 6.16 Å². The standard InChI is InChI=1S/C24H30FNO4S/c1-24(2,3)29-23(27)30-26-14-13-21(18-7-9-19(25)10-8-18)22(15-26)28-16-17-5-11-20(31-4)12-6-17/h5-12,21-22H,13-16H2,1-4H3. The zero-order valence-electron chi connectivity index (χ0n) is 18.5. The Hall–Kier alpha value is -2.09. The average Bonchev–Trinajstić information content (AvgIpc) is 2.72. The predicted octanol–water partition coefficient (Wildman–Crippen LogP) is 5.79. The number of hydroxylamine groups is 2. The molecule has 168 valence electrons. The van der Waals surface area contributed by atoms with Crippen LogP contribution < -0.4 is 0 Å². The summed E-state index contributed by atoms with van der Waals surface area (Å²) in [6.45, 7) is 6.78. The monoisotopic (exact) mass is 447 g/mol. The fourth-order valence-corrected chi connectivity index (χ4v) is 3.94. The zero-order valence-corrected chi connectivity index (χ0v) is 19.3. The molecule has 0 aromatic heterocycles. The molecule has 0 N–H and O–H groups in total. The van der Waals surface area contributed by atoms with E-state index < -0.39 is 11.8 Å². The van der Waals surface area contributed by atoms with Gasteiger partial charge in [-0.05, 0) is 68.8 Å². The van der Waals surface area contributed by atoms with Crippen molar-refractivity contribution in [2.24, 2.45) is 0 Å². The maximum Gasteiger partial charge on any atom is 0.528 e. The fraction of sp³-hybridized carbons (Fsp3) is 0.458. The molecule has 2 aromatic carbocycles. The molecule has 1 aliphatic rings. The first kappa shape index (κ1) is 23.6. The molecule has 0 saturated carbocycles. The second kappa shape index (κ2) is 10.5. The Labute approximate surface area is 187 Å². The summed E-state index contributed by atoms with van der Waals surface area (Å²) in [5.74, 6) is -0.189. The van der Waals surface area contributed by atoms with Crippen LogP contribution in [-0.2, 0) is 20.9 Å². The molecule has 1 aliphatic heterocycles. The number of piperidine rings is 1. The molecule has 2 aromatic rings. The fourth-order valence-electron chi connectivity index (χ4n) is 3.53. The lowest BCUT2D eigenvalue weighted by molar-refractivity contribution is -0.179. The minimum Gasteiger partial charge on any atom is -0.427 e. The van der Waals surface area contributed by atoms with E-state index in [9.17, 15) is 9.18 Å². The van der Waals surface area contributed by atoms with Crippen LogP contribution in [0.1, 0.15) is 44.2 Å². The molecule has 0 radical (unpaired) electrons. The van der Waals surface area contributed by atoms with Crippen molar-refractivity contribution < 1.29 is 23.5 Å². The third-order valence-electron chi connectivity index (χ3n) is 5.04. The van der Waals surface area contributed by atoms with Gasteiger partial charge in [-0.25, -0.2) is 9.18 Å². The molecule has 2 atom stereocenters. The van der Waals surface area contributed by atoms with E-state index in [-0.39, 0.29) is 17.8 Å². The van der Waals surface area contributed by atoms with Crippen molar-refractivity contribution in [3.63, 3.8) is 0 Å². The first-order chi connectivity index (χ1) is 14.7. The normalized spacial score (nSPS) is 19.8. The maximum absolute atomic E-state index is 13.4. The average molecular weight is 448 g/mol. The lowest BCUT2D eigenvalue weighted by Crippen LogP contribution is -2.45. The summed E-state index contributed by atoms with van der Waals surface area (Å²) in [7, 11) is 0. The third-order valence-corrected chi connectivity index (χ3v) is 5.78. The topological polar surface area (TPSA) is 48.0 Å². The first-order valence-corrected chi connectivity index (χ1v) is 11.6. The van der Waals surface area contributed by atoms with Crippen LogP contribution in [0.3, 0.4) is 0 Å². The minimum atomic E-state index is -0.723. The van der Waals surface area contributed by atoms with Crippen molar-refractivity contribution in [1.82, 2.24) is 5.06 Å². The number of benzene rings is 2. The summed E-state index contributed by atoms with van der Waals surface area (Å²) in [5, 5.41) is 1.59. The Bertz CT molecular complexity index is 851. The van der Waals surface area contributed by atoms with Gasteiger partial charge in [0.1, 0.15) is 11.4 Å². The molecule has 0 bridgehead atoms. The van der Waals surface area contributed by atoms with E-state index in [1.165, 1.54) is 17.0 Å². The Morgan fingerprint density at radius 1 is 1.13 bits per heavy atom. The molecule has 1 fully saturated rings. The number of carbonyl (C=O) groups is 1. The number of hydrogen-bond acceptors (Lipinski definition) is 6. The summed E-state index contributed by atoms with van der Waals surface area (Å²) in [4.78, 5) is 18.7. The number of halogens is 1. The van der Waals surface area contributed by atoms with Gasteiger partial charge < -0.3 is 14.3 Å². The molecule has 3 rings (SSSR count). The van der Waals surface area contributed by atoms with Crippen LogP contribution in [0.4, 0.5) is 9.18 Å². The largest absolute Gasteiger partial charge is 0.528 e. The number of rotatable bonds is 6.